The molecule has 1 aliphatic carbocycles. The average Bonchev–Trinajstić information content (AvgIpc) is 3.23. The molecule has 1 saturated carbocycles. The van der Waals surface area contributed by atoms with Crippen molar-refractivity contribution >= 4 is 11.6 Å². The topological polar surface area (TPSA) is 56.1 Å². The van der Waals surface area contributed by atoms with Gasteiger partial charge in [0.25, 0.3) is 5.91 Å². The molecule has 0 heterocycles. The van der Waals surface area contributed by atoms with E-state index in [1.807, 2.05) is 6.07 Å². The highest BCUT2D eigenvalue weighted by Gasteiger charge is 2.33. The van der Waals surface area contributed by atoms with Crippen LogP contribution in [0.25, 0.3) is 0 Å². The zero-order chi connectivity index (χ0) is 14.7. The second-order valence-corrected chi connectivity index (χ2v) is 4.70. The van der Waals surface area contributed by atoms with Gasteiger partial charge in [0.1, 0.15) is 17.3 Å². The van der Waals surface area contributed by atoms with Crippen molar-refractivity contribution < 1.29 is 13.6 Å². The molecule has 1 fully saturated rings. The van der Waals surface area contributed by atoms with E-state index in [0.717, 1.165) is 25.0 Å². The Hall–Kier alpha value is -2.16. The highest BCUT2D eigenvalue weighted by atomic mass is 19.1. The number of benzene rings is 1. The number of amides is 1. The predicted molar refractivity (Wildman–Crippen MR) is 70.2 cm³/mol. The van der Waals surface area contributed by atoms with Crippen LogP contribution in [0.2, 0.25) is 0 Å². The molecule has 0 saturated heterocycles. The molecule has 106 valence electrons. The molecule has 1 aliphatic rings. The molecule has 1 amide bonds. The van der Waals surface area contributed by atoms with E-state index in [0.29, 0.717) is 0 Å². The van der Waals surface area contributed by atoms with Gasteiger partial charge >= 0.3 is 0 Å². The molecule has 0 aliphatic heterocycles. The Morgan fingerprint density at radius 3 is 2.50 bits per heavy atom. The first kappa shape index (κ1) is 14.3. The zero-order valence-electron chi connectivity index (χ0n) is 11.1. The molecule has 1 aromatic rings. The lowest BCUT2D eigenvalue weighted by molar-refractivity contribution is 0.0746. The molecule has 0 unspecified atom stereocenters. The Bertz CT molecular complexity index is 541. The maximum atomic E-state index is 13.7. The second-order valence-electron chi connectivity index (χ2n) is 4.70. The fourth-order valence-corrected chi connectivity index (χ4v) is 2.11. The minimum atomic E-state index is -0.799. The molecule has 0 aromatic heterocycles. The Kier molecular flexibility index (Phi) is 4.18. The number of hydrogen-bond donors (Lipinski definition) is 1. The lowest BCUT2D eigenvalue weighted by Crippen LogP contribution is -2.34. The first-order chi connectivity index (χ1) is 9.58. The first-order valence-corrected chi connectivity index (χ1v) is 6.43. The summed E-state index contributed by atoms with van der Waals surface area (Å²) < 4.78 is 27.4. The van der Waals surface area contributed by atoms with Gasteiger partial charge in [0, 0.05) is 25.2 Å². The van der Waals surface area contributed by atoms with E-state index in [4.69, 9.17) is 5.26 Å². The third-order valence-corrected chi connectivity index (χ3v) is 3.25. The van der Waals surface area contributed by atoms with Crippen LogP contribution in [0.15, 0.2) is 12.1 Å². The van der Waals surface area contributed by atoms with Gasteiger partial charge < -0.3 is 10.2 Å². The molecule has 0 radical (unpaired) electrons. The quantitative estimate of drug-likeness (QED) is 0.901. The SMILES string of the molecule is CNc1c(F)cc(C(=O)N(CCC#N)C2CC2)cc1F. The summed E-state index contributed by atoms with van der Waals surface area (Å²) in [6.45, 7) is 0.289. The van der Waals surface area contributed by atoms with Crippen molar-refractivity contribution in [3.8, 4) is 6.07 Å². The largest absolute Gasteiger partial charge is 0.383 e. The zero-order valence-corrected chi connectivity index (χ0v) is 11.1. The predicted octanol–water partition coefficient (Wildman–Crippen LogP) is 2.52. The van der Waals surface area contributed by atoms with E-state index in [2.05, 4.69) is 5.32 Å². The number of nitriles is 1. The van der Waals surface area contributed by atoms with E-state index in [1.54, 1.807) is 0 Å². The normalized spacial score (nSPS) is 13.7. The third-order valence-electron chi connectivity index (χ3n) is 3.25. The van der Waals surface area contributed by atoms with Gasteiger partial charge in [-0.1, -0.05) is 0 Å². The molecule has 20 heavy (non-hydrogen) atoms. The highest BCUT2D eigenvalue weighted by Crippen LogP contribution is 2.29. The molecule has 1 aromatic carbocycles. The number of halogens is 2. The molecule has 0 spiro atoms. The van der Waals surface area contributed by atoms with Gasteiger partial charge in [0.2, 0.25) is 0 Å². The van der Waals surface area contributed by atoms with Crippen molar-refractivity contribution in [1.29, 1.82) is 5.26 Å². The van der Waals surface area contributed by atoms with Crippen molar-refractivity contribution in [3.05, 3.63) is 29.3 Å². The summed E-state index contributed by atoms with van der Waals surface area (Å²) in [6, 6.07) is 4.12. The fraction of sp³-hybridized carbons (Fsp3) is 0.429. The summed E-state index contributed by atoms with van der Waals surface area (Å²) in [4.78, 5) is 13.8. The van der Waals surface area contributed by atoms with Crippen LogP contribution >= 0.6 is 0 Å². The van der Waals surface area contributed by atoms with Crippen molar-refractivity contribution in [2.24, 2.45) is 0 Å². The highest BCUT2D eigenvalue weighted by molar-refractivity contribution is 5.95. The Labute approximate surface area is 116 Å². The number of anilines is 1. The minimum Gasteiger partial charge on any atom is -0.383 e. The van der Waals surface area contributed by atoms with Crippen molar-refractivity contribution in [1.82, 2.24) is 4.90 Å². The van der Waals surface area contributed by atoms with Gasteiger partial charge in [-0.25, -0.2) is 8.78 Å². The van der Waals surface area contributed by atoms with E-state index in [9.17, 15) is 13.6 Å². The lowest BCUT2D eigenvalue weighted by atomic mass is 10.1. The van der Waals surface area contributed by atoms with Gasteiger partial charge in [-0.15, -0.1) is 0 Å². The Morgan fingerprint density at radius 2 is 2.05 bits per heavy atom. The summed E-state index contributed by atoms with van der Waals surface area (Å²) in [6.07, 6.45) is 1.95. The Balaban J connectivity index is 2.25. The van der Waals surface area contributed by atoms with Gasteiger partial charge in [-0.05, 0) is 25.0 Å². The molecule has 1 N–H and O–H groups in total. The molecule has 6 heteroatoms. The second kappa shape index (κ2) is 5.87. The van der Waals surface area contributed by atoms with E-state index < -0.39 is 17.5 Å². The summed E-state index contributed by atoms with van der Waals surface area (Å²) in [5.41, 5.74) is -0.277. The van der Waals surface area contributed by atoms with Crippen molar-refractivity contribution in [2.75, 3.05) is 18.9 Å². The maximum absolute atomic E-state index is 13.7. The molecular weight excluding hydrogens is 264 g/mol. The summed E-state index contributed by atoms with van der Waals surface area (Å²) in [5.74, 6) is -2.03. The summed E-state index contributed by atoms with van der Waals surface area (Å²) in [7, 11) is 1.41. The van der Waals surface area contributed by atoms with Crippen LogP contribution in [0, 0.1) is 23.0 Å². The van der Waals surface area contributed by atoms with E-state index >= 15 is 0 Å². The molecule has 0 bridgehead atoms. The summed E-state index contributed by atoms with van der Waals surface area (Å²) in [5, 5.41) is 11.0. The van der Waals surface area contributed by atoms with Crippen LogP contribution in [-0.4, -0.2) is 30.4 Å². The Morgan fingerprint density at radius 1 is 1.45 bits per heavy atom. The number of nitrogens with zero attached hydrogens (tertiary/aromatic N) is 2. The third kappa shape index (κ3) is 2.87. The maximum Gasteiger partial charge on any atom is 0.254 e. The number of carbonyl (C=O) groups is 1. The average molecular weight is 279 g/mol. The van der Waals surface area contributed by atoms with E-state index in [-0.39, 0.29) is 30.3 Å². The first-order valence-electron chi connectivity index (χ1n) is 6.43. The van der Waals surface area contributed by atoms with Gasteiger partial charge in [0.15, 0.2) is 0 Å². The van der Waals surface area contributed by atoms with E-state index in [1.165, 1.54) is 11.9 Å². The van der Waals surface area contributed by atoms with Crippen molar-refractivity contribution in [2.45, 2.75) is 25.3 Å². The van der Waals surface area contributed by atoms with Gasteiger partial charge in [0.05, 0.1) is 12.5 Å². The number of nitrogens with one attached hydrogen (secondary N) is 1. The minimum absolute atomic E-state index is 0.0242. The summed E-state index contributed by atoms with van der Waals surface area (Å²) >= 11 is 0. The molecule has 0 atom stereocenters. The fourth-order valence-electron chi connectivity index (χ4n) is 2.11. The van der Waals surface area contributed by atoms with Crippen LogP contribution in [0.1, 0.15) is 29.6 Å². The van der Waals surface area contributed by atoms with Gasteiger partial charge in [-0.3, -0.25) is 4.79 Å². The number of carbonyl (C=O) groups excluding carboxylic acids is 1. The van der Waals surface area contributed by atoms with Crippen LogP contribution < -0.4 is 5.32 Å². The number of hydrogen-bond acceptors (Lipinski definition) is 3. The molecule has 4 nitrogen and oxygen atoms in total. The number of rotatable bonds is 5. The smallest absolute Gasteiger partial charge is 0.254 e. The van der Waals surface area contributed by atoms with Crippen LogP contribution in [0.5, 0.6) is 0 Å². The standard InChI is InChI=1S/C14H15F2N3O/c1-18-13-11(15)7-9(8-12(13)16)14(20)19(6-2-5-17)10-3-4-10/h7-8,10,18H,2-4,6H2,1H3. The van der Waals surface area contributed by atoms with Crippen molar-refractivity contribution in [3.63, 3.8) is 0 Å². The van der Waals surface area contributed by atoms with Gasteiger partial charge in [-0.2, -0.15) is 5.26 Å². The van der Waals surface area contributed by atoms with Crippen LogP contribution in [0.4, 0.5) is 14.5 Å². The lowest BCUT2D eigenvalue weighted by Gasteiger charge is -2.21. The van der Waals surface area contributed by atoms with Crippen LogP contribution in [0.3, 0.4) is 0 Å². The molecular formula is C14H15F2N3O. The van der Waals surface area contributed by atoms with Crippen LogP contribution in [-0.2, 0) is 0 Å². The monoisotopic (exact) mass is 279 g/mol. The molecule has 2 rings (SSSR count).